The Morgan fingerprint density at radius 1 is 0.969 bits per heavy atom. The first-order chi connectivity index (χ1) is 15.8. The number of hydrogen-bond donors (Lipinski definition) is 2. The smallest absolute Gasteiger partial charge is 0.257 e. The minimum absolute atomic E-state index is 0.165. The number of amides is 1. The molecule has 0 aliphatic rings. The zero-order valence-corrected chi connectivity index (χ0v) is 17.5. The fourth-order valence-electron chi connectivity index (χ4n) is 3.72. The van der Waals surface area contributed by atoms with E-state index in [1.54, 1.807) is 22.0 Å². The first kappa shape index (κ1) is 18.5. The van der Waals surface area contributed by atoms with Crippen LogP contribution in [0.5, 0.6) is 0 Å². The van der Waals surface area contributed by atoms with Crippen LogP contribution in [0.1, 0.15) is 10.4 Å². The van der Waals surface area contributed by atoms with Gasteiger partial charge in [0.05, 0.1) is 16.1 Å². The number of anilines is 1. The molecule has 0 atom stereocenters. The third-order valence-electron chi connectivity index (χ3n) is 5.25. The molecule has 2 N–H and O–H groups in total. The Morgan fingerprint density at radius 3 is 2.81 bits per heavy atom. The molecule has 32 heavy (non-hydrogen) atoms. The Bertz CT molecular complexity index is 1580. The van der Waals surface area contributed by atoms with Gasteiger partial charge in [0.2, 0.25) is 0 Å². The van der Waals surface area contributed by atoms with Crippen LogP contribution >= 0.6 is 11.3 Å². The SMILES string of the molecule is O=C(Nc1cccc(-c2ccc3nnc(-c4cccs4)n3n2)c1)c1c[nH]c2ccccc12. The van der Waals surface area contributed by atoms with Gasteiger partial charge in [-0.2, -0.15) is 9.61 Å². The fourth-order valence-corrected chi connectivity index (χ4v) is 4.41. The Hall–Kier alpha value is -4.30. The maximum absolute atomic E-state index is 12.9. The number of para-hydroxylation sites is 1. The van der Waals surface area contributed by atoms with E-state index in [1.165, 1.54) is 0 Å². The highest BCUT2D eigenvalue weighted by atomic mass is 32.1. The molecule has 7 nitrogen and oxygen atoms in total. The Balaban J connectivity index is 1.33. The van der Waals surface area contributed by atoms with Gasteiger partial charge in [-0.25, -0.2) is 0 Å². The van der Waals surface area contributed by atoms with E-state index in [2.05, 4.69) is 20.5 Å². The molecule has 0 fully saturated rings. The molecular weight excluding hydrogens is 420 g/mol. The lowest BCUT2D eigenvalue weighted by atomic mass is 10.1. The van der Waals surface area contributed by atoms with E-state index in [0.717, 1.165) is 27.0 Å². The van der Waals surface area contributed by atoms with Crippen molar-refractivity contribution >= 4 is 39.5 Å². The lowest BCUT2D eigenvalue weighted by molar-refractivity contribution is 0.102. The normalized spacial score (nSPS) is 11.2. The van der Waals surface area contributed by atoms with Crippen LogP contribution in [0.4, 0.5) is 5.69 Å². The number of aromatic nitrogens is 5. The maximum Gasteiger partial charge on any atom is 0.257 e. The van der Waals surface area contributed by atoms with Gasteiger partial charge in [-0.15, -0.1) is 21.5 Å². The summed E-state index contributed by atoms with van der Waals surface area (Å²) < 4.78 is 1.75. The van der Waals surface area contributed by atoms with Crippen LogP contribution < -0.4 is 5.32 Å². The highest BCUT2D eigenvalue weighted by Crippen LogP contribution is 2.26. The van der Waals surface area contributed by atoms with Crippen molar-refractivity contribution in [2.75, 3.05) is 5.32 Å². The van der Waals surface area contributed by atoms with E-state index in [1.807, 2.05) is 78.2 Å². The highest BCUT2D eigenvalue weighted by molar-refractivity contribution is 7.13. The van der Waals surface area contributed by atoms with Crippen LogP contribution in [-0.2, 0) is 0 Å². The molecule has 8 heteroatoms. The summed E-state index contributed by atoms with van der Waals surface area (Å²) in [5, 5.41) is 19.1. The molecule has 0 aliphatic carbocycles. The molecule has 0 aliphatic heterocycles. The summed E-state index contributed by atoms with van der Waals surface area (Å²) >= 11 is 1.59. The first-order valence-electron chi connectivity index (χ1n) is 10.0. The highest BCUT2D eigenvalue weighted by Gasteiger charge is 2.14. The van der Waals surface area contributed by atoms with Gasteiger partial charge in [0, 0.05) is 28.4 Å². The lowest BCUT2D eigenvalue weighted by Gasteiger charge is -2.08. The molecule has 0 saturated carbocycles. The number of nitrogens with one attached hydrogen (secondary N) is 2. The molecule has 0 spiro atoms. The molecule has 0 bridgehead atoms. The molecule has 4 aromatic heterocycles. The molecule has 2 aromatic carbocycles. The van der Waals surface area contributed by atoms with Gasteiger partial charge in [-0.1, -0.05) is 36.4 Å². The average Bonchev–Trinajstić information content (AvgIpc) is 3.57. The molecule has 1 amide bonds. The number of rotatable bonds is 4. The van der Waals surface area contributed by atoms with Crippen LogP contribution in [0.2, 0.25) is 0 Å². The number of benzene rings is 2. The maximum atomic E-state index is 12.9. The largest absolute Gasteiger partial charge is 0.360 e. The van der Waals surface area contributed by atoms with Crippen molar-refractivity contribution in [3.05, 3.63) is 89.9 Å². The number of carbonyl (C=O) groups excluding carboxylic acids is 1. The number of aromatic amines is 1. The van der Waals surface area contributed by atoms with Crippen molar-refractivity contribution in [2.45, 2.75) is 0 Å². The molecule has 6 aromatic rings. The van der Waals surface area contributed by atoms with E-state index < -0.39 is 0 Å². The van der Waals surface area contributed by atoms with Gasteiger partial charge >= 0.3 is 0 Å². The second kappa shape index (κ2) is 7.44. The van der Waals surface area contributed by atoms with Crippen molar-refractivity contribution < 1.29 is 4.79 Å². The summed E-state index contributed by atoms with van der Waals surface area (Å²) in [7, 11) is 0. The van der Waals surface area contributed by atoms with Gasteiger partial charge in [0.15, 0.2) is 11.5 Å². The van der Waals surface area contributed by atoms with Crippen LogP contribution in [0, 0.1) is 0 Å². The second-order valence-electron chi connectivity index (χ2n) is 7.27. The predicted molar refractivity (Wildman–Crippen MR) is 126 cm³/mol. The minimum Gasteiger partial charge on any atom is -0.360 e. The number of carbonyl (C=O) groups is 1. The van der Waals surface area contributed by atoms with E-state index in [4.69, 9.17) is 5.10 Å². The summed E-state index contributed by atoms with van der Waals surface area (Å²) in [5.41, 5.74) is 4.56. The molecule has 6 rings (SSSR count). The fraction of sp³-hybridized carbons (Fsp3) is 0. The van der Waals surface area contributed by atoms with E-state index in [0.29, 0.717) is 22.7 Å². The Kier molecular flexibility index (Phi) is 4.29. The third-order valence-corrected chi connectivity index (χ3v) is 6.12. The number of nitrogens with zero attached hydrogens (tertiary/aromatic N) is 4. The summed E-state index contributed by atoms with van der Waals surface area (Å²) in [4.78, 5) is 17.0. The standard InChI is InChI=1S/C24H16N6OS/c31-24(18-14-25-20-8-2-1-7-17(18)20)26-16-6-3-5-15(13-16)19-10-11-22-27-28-23(30(22)29-19)21-9-4-12-32-21/h1-14,25H,(H,26,31). The predicted octanol–water partition coefficient (Wildman–Crippen LogP) is 5.25. The number of thiophene rings is 1. The van der Waals surface area contributed by atoms with Gasteiger partial charge in [-0.05, 0) is 41.8 Å². The average molecular weight is 437 g/mol. The summed E-state index contributed by atoms with van der Waals surface area (Å²) in [6, 6.07) is 23.2. The molecule has 154 valence electrons. The lowest BCUT2D eigenvalue weighted by Crippen LogP contribution is -2.11. The summed E-state index contributed by atoms with van der Waals surface area (Å²) in [6.45, 7) is 0. The van der Waals surface area contributed by atoms with Gasteiger partial charge in [0.25, 0.3) is 5.91 Å². The quantitative estimate of drug-likeness (QED) is 0.395. The van der Waals surface area contributed by atoms with Crippen molar-refractivity contribution in [1.29, 1.82) is 0 Å². The number of fused-ring (bicyclic) bond motifs is 2. The van der Waals surface area contributed by atoms with Crippen molar-refractivity contribution in [1.82, 2.24) is 24.8 Å². The van der Waals surface area contributed by atoms with Gasteiger partial charge in [-0.3, -0.25) is 4.79 Å². The molecule has 0 radical (unpaired) electrons. The Morgan fingerprint density at radius 2 is 1.91 bits per heavy atom. The van der Waals surface area contributed by atoms with E-state index in [9.17, 15) is 4.79 Å². The molecule has 4 heterocycles. The van der Waals surface area contributed by atoms with Crippen LogP contribution in [0.3, 0.4) is 0 Å². The minimum atomic E-state index is -0.165. The molecular formula is C24H16N6OS. The Labute approximate surface area is 186 Å². The van der Waals surface area contributed by atoms with Crippen molar-refractivity contribution in [3.63, 3.8) is 0 Å². The van der Waals surface area contributed by atoms with E-state index >= 15 is 0 Å². The monoisotopic (exact) mass is 436 g/mol. The number of hydrogen-bond acceptors (Lipinski definition) is 5. The van der Waals surface area contributed by atoms with Crippen LogP contribution in [0.15, 0.2) is 84.4 Å². The second-order valence-corrected chi connectivity index (χ2v) is 8.22. The zero-order chi connectivity index (χ0) is 21.5. The molecule has 0 saturated heterocycles. The number of H-pyrrole nitrogens is 1. The third kappa shape index (κ3) is 3.14. The van der Waals surface area contributed by atoms with Gasteiger partial charge in [0.1, 0.15) is 0 Å². The van der Waals surface area contributed by atoms with Crippen LogP contribution in [0.25, 0.3) is 38.5 Å². The van der Waals surface area contributed by atoms with Crippen LogP contribution in [-0.4, -0.2) is 30.7 Å². The van der Waals surface area contributed by atoms with Crippen molar-refractivity contribution in [2.24, 2.45) is 0 Å². The zero-order valence-electron chi connectivity index (χ0n) is 16.7. The van der Waals surface area contributed by atoms with E-state index in [-0.39, 0.29) is 5.91 Å². The first-order valence-corrected chi connectivity index (χ1v) is 10.9. The molecule has 0 unspecified atom stereocenters. The topological polar surface area (TPSA) is 88.0 Å². The summed E-state index contributed by atoms with van der Waals surface area (Å²) in [6.07, 6.45) is 1.73. The summed E-state index contributed by atoms with van der Waals surface area (Å²) in [5.74, 6) is 0.544. The van der Waals surface area contributed by atoms with Gasteiger partial charge < -0.3 is 10.3 Å². The van der Waals surface area contributed by atoms with Crippen molar-refractivity contribution in [3.8, 4) is 22.0 Å².